The van der Waals surface area contributed by atoms with Gasteiger partial charge < -0.3 is 24.5 Å². The van der Waals surface area contributed by atoms with Gasteiger partial charge in [-0.1, -0.05) is 6.07 Å². The molecule has 0 atom stereocenters. The average molecular weight is 392 g/mol. The molecule has 0 aliphatic rings. The van der Waals surface area contributed by atoms with E-state index in [1.165, 1.54) is 19.4 Å². The van der Waals surface area contributed by atoms with E-state index in [1.54, 1.807) is 67.8 Å². The maximum Gasteiger partial charge on any atom is 0.255 e. The molecule has 2 amide bonds. The molecule has 2 N–H and O–H groups in total. The third-order valence-electron chi connectivity index (χ3n) is 3.99. The third kappa shape index (κ3) is 5.26. The lowest BCUT2D eigenvalue weighted by molar-refractivity contribution is -0.111. The Labute approximate surface area is 167 Å². The van der Waals surface area contributed by atoms with Crippen molar-refractivity contribution in [1.29, 1.82) is 0 Å². The Balaban J connectivity index is 1.68. The standard InChI is InChI=1S/C22H20N2O5/c1-27-18-8-10-19(20(14-18)28-2)24-22(26)15-5-3-6-16(13-15)23-21(25)11-9-17-7-4-12-29-17/h3-14H,1-2H3,(H,23,25)(H,24,26). The van der Waals surface area contributed by atoms with Crippen LogP contribution in [0.25, 0.3) is 6.08 Å². The normalized spacial score (nSPS) is 10.6. The molecule has 0 aliphatic carbocycles. The summed E-state index contributed by atoms with van der Waals surface area (Å²) in [6.45, 7) is 0. The van der Waals surface area contributed by atoms with Crippen molar-refractivity contribution in [3.05, 3.63) is 78.3 Å². The van der Waals surface area contributed by atoms with Gasteiger partial charge in [0, 0.05) is 23.4 Å². The van der Waals surface area contributed by atoms with Crippen molar-refractivity contribution in [1.82, 2.24) is 0 Å². The van der Waals surface area contributed by atoms with Crippen molar-refractivity contribution in [3.63, 3.8) is 0 Å². The molecule has 0 aliphatic heterocycles. The fourth-order valence-electron chi connectivity index (χ4n) is 2.56. The summed E-state index contributed by atoms with van der Waals surface area (Å²) in [6.07, 6.45) is 4.44. The van der Waals surface area contributed by atoms with Gasteiger partial charge in [-0.05, 0) is 48.5 Å². The van der Waals surface area contributed by atoms with Crippen molar-refractivity contribution < 1.29 is 23.5 Å². The Hall–Kier alpha value is -4.00. The molecule has 2 aromatic carbocycles. The van der Waals surface area contributed by atoms with Gasteiger partial charge in [-0.3, -0.25) is 9.59 Å². The number of methoxy groups -OCH3 is 2. The number of hydrogen-bond acceptors (Lipinski definition) is 5. The Kier molecular flexibility index (Phi) is 6.32. The zero-order valence-electron chi connectivity index (χ0n) is 16.0. The first-order valence-corrected chi connectivity index (χ1v) is 8.75. The number of furan rings is 1. The van der Waals surface area contributed by atoms with Crippen molar-refractivity contribution >= 4 is 29.3 Å². The Morgan fingerprint density at radius 2 is 1.83 bits per heavy atom. The zero-order chi connectivity index (χ0) is 20.6. The first-order valence-electron chi connectivity index (χ1n) is 8.75. The number of ether oxygens (including phenoxy) is 2. The highest BCUT2D eigenvalue weighted by Gasteiger charge is 2.12. The lowest BCUT2D eigenvalue weighted by Gasteiger charge is -2.12. The Morgan fingerprint density at radius 3 is 2.55 bits per heavy atom. The van der Waals surface area contributed by atoms with Crippen LogP contribution in [-0.2, 0) is 4.79 Å². The topological polar surface area (TPSA) is 89.8 Å². The van der Waals surface area contributed by atoms with E-state index in [0.29, 0.717) is 34.2 Å². The fraction of sp³-hybridized carbons (Fsp3) is 0.0909. The van der Waals surface area contributed by atoms with Gasteiger partial charge >= 0.3 is 0 Å². The van der Waals surface area contributed by atoms with E-state index in [0.717, 1.165) is 0 Å². The summed E-state index contributed by atoms with van der Waals surface area (Å²) < 4.78 is 15.6. The first kappa shape index (κ1) is 19.8. The molecular weight excluding hydrogens is 372 g/mol. The van der Waals surface area contributed by atoms with Gasteiger partial charge in [0.05, 0.1) is 26.2 Å². The number of hydrogen-bond donors (Lipinski definition) is 2. The molecule has 1 aromatic heterocycles. The van der Waals surface area contributed by atoms with Crippen LogP contribution in [0.5, 0.6) is 11.5 Å². The number of nitrogens with one attached hydrogen (secondary N) is 2. The molecule has 7 nitrogen and oxygen atoms in total. The van der Waals surface area contributed by atoms with Gasteiger partial charge in [0.2, 0.25) is 5.91 Å². The van der Waals surface area contributed by atoms with E-state index in [1.807, 2.05) is 0 Å². The highest BCUT2D eigenvalue weighted by molar-refractivity contribution is 6.07. The van der Waals surface area contributed by atoms with E-state index in [2.05, 4.69) is 10.6 Å². The van der Waals surface area contributed by atoms with Crippen LogP contribution < -0.4 is 20.1 Å². The average Bonchev–Trinajstić information content (AvgIpc) is 3.26. The molecule has 7 heteroatoms. The lowest BCUT2D eigenvalue weighted by atomic mass is 10.1. The Bertz CT molecular complexity index is 1030. The smallest absolute Gasteiger partial charge is 0.255 e. The van der Waals surface area contributed by atoms with Crippen LogP contribution in [0, 0.1) is 0 Å². The number of anilines is 2. The van der Waals surface area contributed by atoms with Crippen LogP contribution in [0.3, 0.4) is 0 Å². The van der Waals surface area contributed by atoms with Crippen LogP contribution in [0.4, 0.5) is 11.4 Å². The molecule has 3 aromatic rings. The third-order valence-corrected chi connectivity index (χ3v) is 3.99. The Morgan fingerprint density at radius 1 is 0.966 bits per heavy atom. The van der Waals surface area contributed by atoms with E-state index >= 15 is 0 Å². The summed E-state index contributed by atoms with van der Waals surface area (Å²) in [5.41, 5.74) is 1.39. The van der Waals surface area contributed by atoms with Crippen LogP contribution in [-0.4, -0.2) is 26.0 Å². The van der Waals surface area contributed by atoms with Crippen LogP contribution in [0.15, 0.2) is 71.4 Å². The summed E-state index contributed by atoms with van der Waals surface area (Å²) in [4.78, 5) is 24.7. The molecule has 0 saturated carbocycles. The highest BCUT2D eigenvalue weighted by Crippen LogP contribution is 2.29. The van der Waals surface area contributed by atoms with Gasteiger partial charge in [0.15, 0.2) is 0 Å². The summed E-state index contributed by atoms with van der Waals surface area (Å²) >= 11 is 0. The monoisotopic (exact) mass is 392 g/mol. The molecule has 0 spiro atoms. The highest BCUT2D eigenvalue weighted by atomic mass is 16.5. The number of carbonyl (C=O) groups is 2. The maximum atomic E-state index is 12.6. The van der Waals surface area contributed by atoms with E-state index < -0.39 is 0 Å². The summed E-state index contributed by atoms with van der Waals surface area (Å²) in [6, 6.07) is 15.2. The van der Waals surface area contributed by atoms with Crippen LogP contribution in [0.1, 0.15) is 16.1 Å². The fourth-order valence-corrected chi connectivity index (χ4v) is 2.56. The molecule has 0 bridgehead atoms. The minimum atomic E-state index is -0.337. The van der Waals surface area contributed by atoms with E-state index in [4.69, 9.17) is 13.9 Å². The maximum absolute atomic E-state index is 12.6. The molecule has 29 heavy (non-hydrogen) atoms. The van der Waals surface area contributed by atoms with Crippen molar-refractivity contribution in [2.75, 3.05) is 24.9 Å². The van der Waals surface area contributed by atoms with Gasteiger partial charge in [0.25, 0.3) is 5.91 Å². The zero-order valence-corrected chi connectivity index (χ0v) is 16.0. The summed E-state index contributed by atoms with van der Waals surface area (Å²) in [5, 5.41) is 5.51. The number of rotatable bonds is 7. The van der Waals surface area contributed by atoms with Crippen LogP contribution in [0.2, 0.25) is 0 Å². The minimum absolute atomic E-state index is 0.337. The predicted molar refractivity (Wildman–Crippen MR) is 110 cm³/mol. The molecular formula is C22H20N2O5. The van der Waals surface area contributed by atoms with Crippen molar-refractivity contribution in [2.45, 2.75) is 0 Å². The first-order chi connectivity index (χ1) is 14.1. The largest absolute Gasteiger partial charge is 0.497 e. The predicted octanol–water partition coefficient (Wildman–Crippen LogP) is 4.20. The second-order valence-electron chi connectivity index (χ2n) is 5.94. The van der Waals surface area contributed by atoms with E-state index in [9.17, 15) is 9.59 Å². The summed E-state index contributed by atoms with van der Waals surface area (Å²) in [7, 11) is 3.06. The molecule has 0 unspecified atom stereocenters. The lowest BCUT2D eigenvalue weighted by Crippen LogP contribution is -2.14. The number of carbonyl (C=O) groups excluding carboxylic acids is 2. The van der Waals surface area contributed by atoms with Gasteiger partial charge in [-0.25, -0.2) is 0 Å². The quantitative estimate of drug-likeness (QED) is 0.588. The molecule has 0 fully saturated rings. The SMILES string of the molecule is COc1ccc(NC(=O)c2cccc(NC(=O)C=Cc3ccco3)c2)c(OC)c1. The van der Waals surface area contributed by atoms with Crippen molar-refractivity contribution in [2.24, 2.45) is 0 Å². The number of benzene rings is 2. The van der Waals surface area contributed by atoms with Crippen molar-refractivity contribution in [3.8, 4) is 11.5 Å². The van der Waals surface area contributed by atoms with Crippen LogP contribution >= 0.6 is 0 Å². The van der Waals surface area contributed by atoms with Gasteiger partial charge in [0.1, 0.15) is 17.3 Å². The molecule has 3 rings (SSSR count). The molecule has 148 valence electrons. The number of amides is 2. The second-order valence-corrected chi connectivity index (χ2v) is 5.94. The van der Waals surface area contributed by atoms with E-state index in [-0.39, 0.29) is 11.8 Å². The van der Waals surface area contributed by atoms with Gasteiger partial charge in [-0.2, -0.15) is 0 Å². The second kappa shape index (κ2) is 9.27. The summed E-state index contributed by atoms with van der Waals surface area (Å²) in [5.74, 6) is 0.991. The van der Waals surface area contributed by atoms with Gasteiger partial charge in [-0.15, -0.1) is 0 Å². The molecule has 0 radical (unpaired) electrons. The molecule has 1 heterocycles. The molecule has 0 saturated heterocycles. The minimum Gasteiger partial charge on any atom is -0.497 e.